The van der Waals surface area contributed by atoms with E-state index in [2.05, 4.69) is 4.98 Å². The van der Waals surface area contributed by atoms with Crippen molar-refractivity contribution in [1.29, 1.82) is 0 Å². The average molecular weight is 262 g/mol. The van der Waals surface area contributed by atoms with Crippen molar-refractivity contribution < 1.29 is 14.6 Å². The fourth-order valence-electron chi connectivity index (χ4n) is 1.46. The van der Waals surface area contributed by atoms with E-state index in [1.807, 2.05) is 0 Å². The van der Waals surface area contributed by atoms with Crippen LogP contribution < -0.4 is 0 Å². The molecule has 19 heavy (non-hydrogen) atoms. The summed E-state index contributed by atoms with van der Waals surface area (Å²) in [4.78, 5) is 35.4. The molecule has 1 aromatic carbocycles. The predicted molar refractivity (Wildman–Crippen MR) is 61.7 cm³/mol. The third-order valence-electron chi connectivity index (χ3n) is 2.31. The Morgan fingerprint density at radius 1 is 1.11 bits per heavy atom. The van der Waals surface area contributed by atoms with Gasteiger partial charge in [-0.2, -0.15) is 0 Å². The van der Waals surface area contributed by atoms with Crippen LogP contribution in [0.3, 0.4) is 0 Å². The summed E-state index contributed by atoms with van der Waals surface area (Å²) >= 11 is 0. The molecule has 9 heteroatoms. The molecule has 0 radical (unpaired) electrons. The third kappa shape index (κ3) is 2.44. The number of imidazole rings is 1. The molecule has 0 atom stereocenters. The van der Waals surface area contributed by atoms with Crippen molar-refractivity contribution in [1.82, 2.24) is 9.55 Å². The molecule has 0 fully saturated rings. The van der Waals surface area contributed by atoms with Crippen LogP contribution in [0.15, 0.2) is 36.9 Å². The minimum absolute atomic E-state index is 0.154. The van der Waals surface area contributed by atoms with Crippen LogP contribution in [0.4, 0.5) is 11.4 Å². The first-order chi connectivity index (χ1) is 8.99. The van der Waals surface area contributed by atoms with Gasteiger partial charge in [0.15, 0.2) is 0 Å². The number of benzene rings is 1. The molecule has 1 aromatic heterocycles. The zero-order valence-corrected chi connectivity index (χ0v) is 9.29. The van der Waals surface area contributed by atoms with Gasteiger partial charge in [-0.05, 0) is 0 Å². The van der Waals surface area contributed by atoms with Crippen LogP contribution in [-0.4, -0.2) is 25.3 Å². The number of hydrogen-bond donors (Lipinski definition) is 0. The van der Waals surface area contributed by atoms with Crippen molar-refractivity contribution in [3.63, 3.8) is 0 Å². The van der Waals surface area contributed by atoms with Crippen LogP contribution in [0.5, 0.6) is 0 Å². The molecule has 1 heterocycles. The van der Waals surface area contributed by atoms with E-state index in [9.17, 15) is 25.0 Å². The van der Waals surface area contributed by atoms with E-state index in [1.54, 1.807) is 0 Å². The van der Waals surface area contributed by atoms with Gasteiger partial charge in [-0.25, -0.2) is 4.98 Å². The van der Waals surface area contributed by atoms with E-state index in [0.29, 0.717) is 0 Å². The van der Waals surface area contributed by atoms with Gasteiger partial charge >= 0.3 is 0 Å². The third-order valence-corrected chi connectivity index (χ3v) is 2.31. The predicted octanol–water partition coefficient (Wildman–Crippen LogP) is 1.39. The number of nitro benzene ring substituents is 2. The van der Waals surface area contributed by atoms with E-state index >= 15 is 0 Å². The van der Waals surface area contributed by atoms with Gasteiger partial charge in [0.2, 0.25) is 0 Å². The molecule has 9 nitrogen and oxygen atoms in total. The molecule has 0 aliphatic rings. The first-order valence-corrected chi connectivity index (χ1v) is 4.95. The maximum Gasteiger partial charge on any atom is 0.277 e. The molecule has 0 saturated heterocycles. The molecule has 0 spiro atoms. The second-order valence-electron chi connectivity index (χ2n) is 3.53. The van der Waals surface area contributed by atoms with E-state index in [0.717, 1.165) is 22.8 Å². The van der Waals surface area contributed by atoms with Gasteiger partial charge in [-0.3, -0.25) is 29.6 Å². The Kier molecular flexibility index (Phi) is 3.02. The number of aromatic nitrogens is 2. The topological polar surface area (TPSA) is 121 Å². The van der Waals surface area contributed by atoms with Crippen molar-refractivity contribution in [2.75, 3.05) is 0 Å². The number of carbonyl (C=O) groups is 1. The molecule has 0 aliphatic heterocycles. The molecule has 0 aliphatic carbocycles. The summed E-state index contributed by atoms with van der Waals surface area (Å²) < 4.78 is 1.07. The molecule has 0 bridgehead atoms. The molecule has 96 valence electrons. The van der Waals surface area contributed by atoms with E-state index in [-0.39, 0.29) is 5.56 Å². The average Bonchev–Trinajstić information content (AvgIpc) is 2.91. The SMILES string of the molecule is O=C(c1cc([N+](=O)[O-])cc([N+](=O)[O-])c1)n1ccnc1. The summed E-state index contributed by atoms with van der Waals surface area (Å²) in [7, 11) is 0. The smallest absolute Gasteiger partial charge is 0.272 e. The van der Waals surface area contributed by atoms with Gasteiger partial charge in [-0.15, -0.1) is 0 Å². The maximum atomic E-state index is 11.9. The largest absolute Gasteiger partial charge is 0.277 e. The van der Waals surface area contributed by atoms with Crippen molar-refractivity contribution in [2.45, 2.75) is 0 Å². The van der Waals surface area contributed by atoms with Gasteiger partial charge in [0.05, 0.1) is 21.5 Å². The second kappa shape index (κ2) is 4.64. The Morgan fingerprint density at radius 2 is 1.68 bits per heavy atom. The summed E-state index contributed by atoms with van der Waals surface area (Å²) in [6, 6.07) is 2.76. The molecule has 2 aromatic rings. The van der Waals surface area contributed by atoms with E-state index in [1.165, 1.54) is 18.7 Å². The fourth-order valence-corrected chi connectivity index (χ4v) is 1.46. The first-order valence-electron chi connectivity index (χ1n) is 4.95. The molecule has 0 saturated carbocycles. The van der Waals surface area contributed by atoms with Crippen LogP contribution in [0.2, 0.25) is 0 Å². The highest BCUT2D eigenvalue weighted by Crippen LogP contribution is 2.23. The van der Waals surface area contributed by atoms with Gasteiger partial charge in [0.1, 0.15) is 6.33 Å². The molecular weight excluding hydrogens is 256 g/mol. The highest BCUT2D eigenvalue weighted by Gasteiger charge is 2.20. The molecule has 0 N–H and O–H groups in total. The highest BCUT2D eigenvalue weighted by atomic mass is 16.6. The lowest BCUT2D eigenvalue weighted by Crippen LogP contribution is -2.10. The number of rotatable bonds is 3. The van der Waals surface area contributed by atoms with Crippen LogP contribution in [0, 0.1) is 20.2 Å². The van der Waals surface area contributed by atoms with Crippen molar-refractivity contribution in [3.8, 4) is 0 Å². The molecular formula is C10H6N4O5. The van der Waals surface area contributed by atoms with Crippen molar-refractivity contribution >= 4 is 17.3 Å². The number of non-ortho nitro benzene ring substituents is 2. The van der Waals surface area contributed by atoms with Gasteiger partial charge in [-0.1, -0.05) is 0 Å². The second-order valence-corrected chi connectivity index (χ2v) is 3.53. The van der Waals surface area contributed by atoms with Crippen LogP contribution in [0.25, 0.3) is 0 Å². The normalized spacial score (nSPS) is 10.1. The minimum atomic E-state index is -0.794. The van der Waals surface area contributed by atoms with Gasteiger partial charge in [0, 0.05) is 24.5 Å². The summed E-state index contributed by atoms with van der Waals surface area (Å²) in [5.74, 6) is -0.635. The van der Waals surface area contributed by atoms with Gasteiger partial charge < -0.3 is 0 Å². The van der Waals surface area contributed by atoms with Crippen molar-refractivity contribution in [2.24, 2.45) is 0 Å². The Bertz CT molecular complexity index is 632. The zero-order valence-electron chi connectivity index (χ0n) is 9.29. The van der Waals surface area contributed by atoms with E-state index in [4.69, 9.17) is 0 Å². The van der Waals surface area contributed by atoms with Gasteiger partial charge in [0.25, 0.3) is 17.3 Å². The lowest BCUT2D eigenvalue weighted by molar-refractivity contribution is -0.394. The lowest BCUT2D eigenvalue weighted by Gasteiger charge is -2.01. The summed E-state index contributed by atoms with van der Waals surface area (Å²) in [6.07, 6.45) is 3.89. The monoisotopic (exact) mass is 262 g/mol. The van der Waals surface area contributed by atoms with Crippen molar-refractivity contribution in [3.05, 3.63) is 62.7 Å². The Morgan fingerprint density at radius 3 is 2.11 bits per heavy atom. The van der Waals surface area contributed by atoms with Crippen LogP contribution in [-0.2, 0) is 0 Å². The Balaban J connectivity index is 2.53. The summed E-state index contributed by atoms with van der Waals surface area (Å²) in [5.41, 5.74) is -1.19. The summed E-state index contributed by atoms with van der Waals surface area (Å²) in [6.45, 7) is 0. The maximum absolute atomic E-state index is 11.9. The van der Waals surface area contributed by atoms with Crippen LogP contribution in [0.1, 0.15) is 10.4 Å². The van der Waals surface area contributed by atoms with Crippen LogP contribution >= 0.6 is 0 Å². The Labute approximate surface area is 105 Å². The molecule has 0 amide bonds. The quantitative estimate of drug-likeness (QED) is 0.608. The molecule has 2 rings (SSSR count). The number of nitro groups is 2. The van der Waals surface area contributed by atoms with E-state index < -0.39 is 27.1 Å². The summed E-state index contributed by atoms with van der Waals surface area (Å²) in [5, 5.41) is 21.4. The number of carbonyl (C=O) groups excluding carboxylic acids is 1. The number of hydrogen-bond acceptors (Lipinski definition) is 6. The minimum Gasteiger partial charge on any atom is -0.272 e. The highest BCUT2D eigenvalue weighted by molar-refractivity contribution is 5.97. The number of nitrogens with zero attached hydrogens (tertiary/aromatic N) is 4. The zero-order chi connectivity index (χ0) is 14.0. The standard InChI is InChI=1S/C10H6N4O5/c15-10(12-2-1-11-6-12)7-3-8(13(16)17)5-9(4-7)14(18)19/h1-6H. The Hall–Kier alpha value is -3.10. The lowest BCUT2D eigenvalue weighted by atomic mass is 10.1. The molecule has 0 unspecified atom stereocenters. The fraction of sp³-hybridized carbons (Fsp3) is 0. The first kappa shape index (κ1) is 12.4.